The summed E-state index contributed by atoms with van der Waals surface area (Å²) >= 11 is 1.79. The third-order valence-corrected chi connectivity index (χ3v) is 6.64. The zero-order valence-electron chi connectivity index (χ0n) is 17.0. The molecule has 0 bridgehead atoms. The van der Waals surface area contributed by atoms with E-state index in [2.05, 4.69) is 71.4 Å². The lowest BCUT2D eigenvalue weighted by Gasteiger charge is -2.23. The molecule has 0 aliphatic carbocycles. The molecule has 2 heterocycles. The summed E-state index contributed by atoms with van der Waals surface area (Å²) in [5, 5.41) is 19.7. The van der Waals surface area contributed by atoms with Gasteiger partial charge in [-0.15, -0.1) is 5.10 Å². The first kappa shape index (κ1) is 19.9. The molecule has 0 saturated carbocycles. The Morgan fingerprint density at radius 1 is 1.14 bits per heavy atom. The molecule has 1 atom stereocenters. The van der Waals surface area contributed by atoms with Crippen LogP contribution in [0.2, 0.25) is 0 Å². The van der Waals surface area contributed by atoms with Crippen molar-refractivity contribution in [3.63, 3.8) is 0 Å². The van der Waals surface area contributed by atoms with E-state index in [4.69, 9.17) is 0 Å². The lowest BCUT2D eigenvalue weighted by molar-refractivity contribution is 0.282. The van der Waals surface area contributed by atoms with Gasteiger partial charge in [0.1, 0.15) is 5.03 Å². The summed E-state index contributed by atoms with van der Waals surface area (Å²) in [6.45, 7) is 6.44. The van der Waals surface area contributed by atoms with E-state index >= 15 is 0 Å². The molecule has 150 valence electrons. The molecule has 4 nitrogen and oxygen atoms in total. The number of aliphatic hydroxyl groups excluding tert-OH is 1. The highest BCUT2D eigenvalue weighted by molar-refractivity contribution is 7.99. The maximum absolute atomic E-state index is 10.1. The van der Waals surface area contributed by atoms with Crippen molar-refractivity contribution in [1.29, 1.82) is 0 Å². The van der Waals surface area contributed by atoms with E-state index in [1.54, 1.807) is 18.0 Å². The van der Waals surface area contributed by atoms with Gasteiger partial charge >= 0.3 is 0 Å². The van der Waals surface area contributed by atoms with Crippen molar-refractivity contribution >= 4 is 17.4 Å². The van der Waals surface area contributed by atoms with Crippen LogP contribution in [0, 0.1) is 0 Å². The lowest BCUT2D eigenvalue weighted by atomic mass is 9.91. The molecule has 1 N–H and O–H groups in total. The first-order chi connectivity index (χ1) is 14.2. The van der Waals surface area contributed by atoms with Crippen molar-refractivity contribution in [3.05, 3.63) is 71.9 Å². The quantitative estimate of drug-likeness (QED) is 0.616. The van der Waals surface area contributed by atoms with Gasteiger partial charge in [-0.3, -0.25) is 0 Å². The molecule has 5 heteroatoms. The zero-order chi connectivity index (χ0) is 20.2. The number of rotatable bonds is 6. The number of hydrogen-bond acceptors (Lipinski definition) is 5. The van der Waals surface area contributed by atoms with Crippen molar-refractivity contribution in [2.75, 3.05) is 18.0 Å². The molecule has 1 aliphatic heterocycles. The molecular weight excluding hydrogens is 378 g/mol. The van der Waals surface area contributed by atoms with Crippen LogP contribution in [-0.4, -0.2) is 33.6 Å². The van der Waals surface area contributed by atoms with E-state index in [1.165, 1.54) is 16.7 Å². The Labute approximate surface area is 177 Å². The molecule has 2 aromatic carbocycles. The molecule has 0 unspecified atom stereocenters. The third-order valence-electron chi connectivity index (χ3n) is 5.46. The van der Waals surface area contributed by atoms with Gasteiger partial charge < -0.3 is 10.0 Å². The number of thioether (sulfide) groups is 1. The first-order valence-electron chi connectivity index (χ1n) is 10.2. The van der Waals surface area contributed by atoms with Crippen LogP contribution in [-0.2, 0) is 6.61 Å². The Kier molecular flexibility index (Phi) is 6.16. The van der Waals surface area contributed by atoms with E-state index in [9.17, 15) is 5.11 Å². The lowest BCUT2D eigenvalue weighted by Crippen LogP contribution is -2.21. The topological polar surface area (TPSA) is 49.2 Å². The molecular formula is C24H27N3OS. The molecule has 1 aromatic heterocycles. The summed E-state index contributed by atoms with van der Waals surface area (Å²) < 4.78 is 0. The Hall–Kier alpha value is -2.37. The fourth-order valence-electron chi connectivity index (χ4n) is 4.02. The Balaban J connectivity index is 1.55. The van der Waals surface area contributed by atoms with Crippen LogP contribution in [0.1, 0.15) is 37.3 Å². The van der Waals surface area contributed by atoms with Gasteiger partial charge in [0.2, 0.25) is 0 Å². The molecule has 1 saturated heterocycles. The van der Waals surface area contributed by atoms with Crippen LogP contribution in [0.3, 0.4) is 0 Å². The Bertz CT molecular complexity index is 961. The maximum Gasteiger partial charge on any atom is 0.119 e. The summed E-state index contributed by atoms with van der Waals surface area (Å²) in [4.78, 5) is 2.39. The largest absolute Gasteiger partial charge is 0.392 e. The minimum absolute atomic E-state index is 0.0471. The van der Waals surface area contributed by atoms with Crippen LogP contribution in [0.15, 0.2) is 65.8 Å². The first-order valence-corrected chi connectivity index (χ1v) is 11.1. The molecule has 3 aromatic rings. The van der Waals surface area contributed by atoms with E-state index in [0.717, 1.165) is 35.8 Å². The summed E-state index contributed by atoms with van der Waals surface area (Å²) in [5.41, 5.74) is 5.89. The fourth-order valence-corrected chi connectivity index (χ4v) is 5.09. The number of anilines is 1. The molecule has 29 heavy (non-hydrogen) atoms. The van der Waals surface area contributed by atoms with Crippen molar-refractivity contribution in [2.45, 2.75) is 43.1 Å². The van der Waals surface area contributed by atoms with Gasteiger partial charge in [0, 0.05) is 35.8 Å². The number of nitrogens with zero attached hydrogens (tertiary/aromatic N) is 3. The highest BCUT2D eigenvalue weighted by atomic mass is 32.2. The summed E-state index contributed by atoms with van der Waals surface area (Å²) in [7, 11) is 0. The van der Waals surface area contributed by atoms with E-state index in [0.29, 0.717) is 11.2 Å². The predicted molar refractivity (Wildman–Crippen MR) is 120 cm³/mol. The second kappa shape index (κ2) is 8.97. The van der Waals surface area contributed by atoms with Crippen molar-refractivity contribution in [3.8, 4) is 11.1 Å². The molecule has 1 aliphatic rings. The van der Waals surface area contributed by atoms with Gasteiger partial charge in [0.15, 0.2) is 0 Å². The van der Waals surface area contributed by atoms with Crippen LogP contribution in [0.25, 0.3) is 11.1 Å². The molecule has 1 fully saturated rings. The van der Waals surface area contributed by atoms with Gasteiger partial charge in [-0.05, 0) is 53.3 Å². The summed E-state index contributed by atoms with van der Waals surface area (Å²) in [6.07, 6.45) is 2.81. The van der Waals surface area contributed by atoms with Gasteiger partial charge in [0.05, 0.1) is 6.61 Å². The smallest absolute Gasteiger partial charge is 0.119 e. The number of benzene rings is 2. The fraction of sp³-hybridized carbons (Fsp3) is 0.333. The van der Waals surface area contributed by atoms with Crippen molar-refractivity contribution in [2.24, 2.45) is 0 Å². The predicted octanol–water partition coefficient (Wildman–Crippen LogP) is 5.13. The Morgan fingerprint density at radius 2 is 2.00 bits per heavy atom. The summed E-state index contributed by atoms with van der Waals surface area (Å²) in [5.74, 6) is 0.459. The highest BCUT2D eigenvalue weighted by Gasteiger charge is 2.25. The minimum Gasteiger partial charge on any atom is -0.392 e. The zero-order valence-corrected chi connectivity index (χ0v) is 17.8. The number of hydrogen-bond donors (Lipinski definition) is 1. The van der Waals surface area contributed by atoms with Crippen molar-refractivity contribution < 1.29 is 5.11 Å². The average Bonchev–Trinajstić information content (AvgIpc) is 3.22. The standard InChI is InChI=1S/C24H27N3OS/c1-17(2)21-6-3-4-7-22(21)18-9-10-23(19(14-18)16-28)27-13-11-20(15-27)29-24-8-5-12-25-26-24/h3-10,12,14,17,20,28H,11,13,15-16H2,1-2H3/t20-/m0/s1. The van der Waals surface area contributed by atoms with Gasteiger partial charge in [-0.25, -0.2) is 0 Å². The van der Waals surface area contributed by atoms with Gasteiger partial charge in [-0.1, -0.05) is 55.9 Å². The van der Waals surface area contributed by atoms with Crippen LogP contribution in [0.5, 0.6) is 0 Å². The molecule has 0 amide bonds. The molecule has 0 spiro atoms. The van der Waals surface area contributed by atoms with Crippen LogP contribution >= 0.6 is 11.8 Å². The summed E-state index contributed by atoms with van der Waals surface area (Å²) in [6, 6.07) is 19.0. The van der Waals surface area contributed by atoms with E-state index in [1.807, 2.05) is 12.1 Å². The average molecular weight is 406 g/mol. The maximum atomic E-state index is 10.1. The van der Waals surface area contributed by atoms with E-state index in [-0.39, 0.29) is 6.61 Å². The van der Waals surface area contributed by atoms with E-state index < -0.39 is 0 Å². The Morgan fingerprint density at radius 3 is 2.76 bits per heavy atom. The number of aromatic nitrogens is 2. The normalized spacial score (nSPS) is 16.6. The van der Waals surface area contributed by atoms with Crippen LogP contribution in [0.4, 0.5) is 5.69 Å². The number of aliphatic hydroxyl groups is 1. The van der Waals surface area contributed by atoms with Gasteiger partial charge in [-0.2, -0.15) is 5.10 Å². The third kappa shape index (κ3) is 4.46. The second-order valence-corrected chi connectivity index (χ2v) is 9.10. The second-order valence-electron chi connectivity index (χ2n) is 7.78. The molecule has 4 rings (SSSR count). The van der Waals surface area contributed by atoms with Gasteiger partial charge in [0.25, 0.3) is 0 Å². The monoisotopic (exact) mass is 405 g/mol. The highest BCUT2D eigenvalue weighted by Crippen LogP contribution is 2.36. The SMILES string of the molecule is CC(C)c1ccccc1-c1ccc(N2CC[C@H](Sc3cccnn3)C2)c(CO)c1. The minimum atomic E-state index is 0.0471. The van der Waals surface area contributed by atoms with Crippen molar-refractivity contribution in [1.82, 2.24) is 10.2 Å². The molecule has 0 radical (unpaired) electrons. The van der Waals surface area contributed by atoms with Crippen LogP contribution < -0.4 is 4.90 Å².